The number of anilines is 3. The molecule has 0 saturated carbocycles. The largest absolute Gasteiger partial charge is 0.393 e. The van der Waals surface area contributed by atoms with Crippen molar-refractivity contribution in [1.82, 2.24) is 19.8 Å². The fraction of sp³-hybridized carbons (Fsp3) is 0.118. The molecule has 0 amide bonds. The van der Waals surface area contributed by atoms with Crippen molar-refractivity contribution in [3.8, 4) is 0 Å². The molecule has 0 aliphatic heterocycles. The maximum absolute atomic E-state index is 12.3. The lowest BCUT2D eigenvalue weighted by Crippen LogP contribution is -2.30. The molecule has 0 atom stereocenters. The Morgan fingerprint density at radius 2 is 1.81 bits per heavy atom. The zero-order chi connectivity index (χ0) is 19.3. The maximum atomic E-state index is 12.3. The van der Waals surface area contributed by atoms with Gasteiger partial charge in [-0.1, -0.05) is 23.8 Å². The van der Waals surface area contributed by atoms with Gasteiger partial charge in [0.05, 0.1) is 4.90 Å². The first-order valence-electron chi connectivity index (χ1n) is 8.03. The van der Waals surface area contributed by atoms with Gasteiger partial charge in [-0.15, -0.1) is 4.83 Å². The van der Waals surface area contributed by atoms with E-state index in [0.29, 0.717) is 12.4 Å². The van der Waals surface area contributed by atoms with Crippen molar-refractivity contribution in [3.63, 3.8) is 0 Å². The molecule has 0 saturated heterocycles. The SMILES string of the molecule is Cc1ccc(S(=O)(=O)NNc2ncnc(NCc3cccnc3)c2N)cc1. The summed E-state index contributed by atoms with van der Waals surface area (Å²) in [5.41, 5.74) is 10.7. The molecule has 5 N–H and O–H groups in total. The minimum absolute atomic E-state index is 0.128. The van der Waals surface area contributed by atoms with Gasteiger partial charge in [0.15, 0.2) is 11.6 Å². The number of nitrogens with zero attached hydrogens (tertiary/aromatic N) is 3. The van der Waals surface area contributed by atoms with Crippen LogP contribution < -0.4 is 21.3 Å². The molecule has 0 radical (unpaired) electrons. The zero-order valence-electron chi connectivity index (χ0n) is 14.5. The number of aromatic nitrogens is 3. The van der Waals surface area contributed by atoms with Crippen molar-refractivity contribution in [2.75, 3.05) is 16.5 Å². The van der Waals surface area contributed by atoms with Crippen LogP contribution in [0.25, 0.3) is 0 Å². The second-order valence-corrected chi connectivity index (χ2v) is 7.43. The summed E-state index contributed by atoms with van der Waals surface area (Å²) < 4.78 is 24.7. The Kier molecular flexibility index (Phi) is 5.48. The molecule has 0 aliphatic carbocycles. The van der Waals surface area contributed by atoms with Crippen LogP contribution in [0.2, 0.25) is 0 Å². The number of sulfonamides is 1. The van der Waals surface area contributed by atoms with Gasteiger partial charge in [0.1, 0.15) is 12.0 Å². The number of nitrogens with two attached hydrogens (primary N) is 1. The van der Waals surface area contributed by atoms with Crippen LogP contribution >= 0.6 is 0 Å². The topological polar surface area (TPSA) is 135 Å². The van der Waals surface area contributed by atoms with Crippen LogP contribution in [0.1, 0.15) is 11.1 Å². The van der Waals surface area contributed by atoms with E-state index in [1.165, 1.54) is 18.5 Å². The van der Waals surface area contributed by atoms with Gasteiger partial charge >= 0.3 is 0 Å². The van der Waals surface area contributed by atoms with Crippen molar-refractivity contribution in [2.45, 2.75) is 18.4 Å². The molecule has 3 aromatic rings. The van der Waals surface area contributed by atoms with Crippen molar-refractivity contribution in [3.05, 3.63) is 66.2 Å². The molecule has 0 aliphatic rings. The molecule has 0 bridgehead atoms. The van der Waals surface area contributed by atoms with Crippen molar-refractivity contribution >= 4 is 27.3 Å². The minimum atomic E-state index is -3.77. The van der Waals surface area contributed by atoms with Crippen LogP contribution in [0.4, 0.5) is 17.3 Å². The molecule has 0 fully saturated rings. The Hall–Kier alpha value is -3.24. The highest BCUT2D eigenvalue weighted by Gasteiger charge is 2.15. The molecule has 1 aromatic carbocycles. The van der Waals surface area contributed by atoms with Gasteiger partial charge in [0.25, 0.3) is 10.0 Å². The number of hydrogen-bond acceptors (Lipinski definition) is 8. The van der Waals surface area contributed by atoms with Crippen molar-refractivity contribution in [2.24, 2.45) is 0 Å². The van der Waals surface area contributed by atoms with Gasteiger partial charge in [-0.05, 0) is 30.7 Å². The van der Waals surface area contributed by atoms with Crippen LogP contribution in [-0.2, 0) is 16.6 Å². The number of aryl methyl sites for hydroxylation is 1. The fourth-order valence-electron chi connectivity index (χ4n) is 2.22. The van der Waals surface area contributed by atoms with Crippen LogP contribution in [0.5, 0.6) is 0 Å². The summed E-state index contributed by atoms with van der Waals surface area (Å²) in [6.45, 7) is 2.34. The Balaban J connectivity index is 1.69. The highest BCUT2D eigenvalue weighted by Crippen LogP contribution is 2.22. The van der Waals surface area contributed by atoms with Crippen LogP contribution in [-0.4, -0.2) is 23.4 Å². The lowest BCUT2D eigenvalue weighted by Gasteiger charge is -2.13. The standard InChI is InChI=1S/C17H19N7O2S/c1-12-4-6-14(7-5-12)27(25,26)24-23-17-15(18)16(21-11-22-17)20-10-13-3-2-8-19-9-13/h2-9,11,24H,10,18H2,1H3,(H2,20,21,22,23). The number of pyridine rings is 1. The predicted octanol–water partition coefficient (Wildman–Crippen LogP) is 1.68. The first-order valence-corrected chi connectivity index (χ1v) is 9.52. The highest BCUT2D eigenvalue weighted by molar-refractivity contribution is 7.89. The average molecular weight is 385 g/mol. The third kappa shape index (κ3) is 4.68. The number of nitrogens with one attached hydrogen (secondary N) is 3. The van der Waals surface area contributed by atoms with Gasteiger partial charge in [-0.2, -0.15) is 0 Å². The number of nitrogen functional groups attached to an aromatic ring is 1. The van der Waals surface area contributed by atoms with Gasteiger partial charge in [0.2, 0.25) is 0 Å². The second-order valence-electron chi connectivity index (χ2n) is 5.74. The average Bonchev–Trinajstić information content (AvgIpc) is 2.67. The number of hydrazine groups is 1. The zero-order valence-corrected chi connectivity index (χ0v) is 15.4. The van der Waals surface area contributed by atoms with E-state index in [2.05, 4.69) is 30.5 Å². The monoisotopic (exact) mass is 385 g/mol. The Bertz CT molecular complexity index is 1010. The molecule has 2 aromatic heterocycles. The molecule has 0 spiro atoms. The Morgan fingerprint density at radius 3 is 2.52 bits per heavy atom. The molecular weight excluding hydrogens is 366 g/mol. The molecule has 9 nitrogen and oxygen atoms in total. The van der Waals surface area contributed by atoms with Gasteiger partial charge in [-0.25, -0.2) is 18.4 Å². The third-order valence-electron chi connectivity index (χ3n) is 3.70. The molecule has 2 heterocycles. The summed E-state index contributed by atoms with van der Waals surface area (Å²) in [6.07, 6.45) is 4.69. The molecule has 0 unspecified atom stereocenters. The van der Waals surface area contributed by atoms with Crippen LogP contribution in [0.3, 0.4) is 0 Å². The molecule has 10 heteroatoms. The molecular formula is C17H19N7O2S. The number of hydrogen-bond donors (Lipinski definition) is 4. The lowest BCUT2D eigenvalue weighted by atomic mass is 10.2. The minimum Gasteiger partial charge on any atom is -0.393 e. The third-order valence-corrected chi connectivity index (χ3v) is 4.97. The first kappa shape index (κ1) is 18.5. The quantitative estimate of drug-likeness (QED) is 0.451. The number of rotatable bonds is 7. The lowest BCUT2D eigenvalue weighted by molar-refractivity contribution is 0.587. The number of benzene rings is 1. The van der Waals surface area contributed by atoms with Crippen LogP contribution in [0, 0.1) is 6.92 Å². The van der Waals surface area contributed by atoms with E-state index in [1.807, 2.05) is 19.1 Å². The Morgan fingerprint density at radius 1 is 1.07 bits per heavy atom. The van der Waals surface area contributed by atoms with Crippen molar-refractivity contribution in [1.29, 1.82) is 0 Å². The summed E-state index contributed by atoms with van der Waals surface area (Å²) in [5, 5.41) is 3.07. The maximum Gasteiger partial charge on any atom is 0.257 e. The first-order chi connectivity index (χ1) is 13.0. The van der Waals surface area contributed by atoms with Crippen LogP contribution in [0.15, 0.2) is 60.0 Å². The Labute approximate surface area is 157 Å². The predicted molar refractivity (Wildman–Crippen MR) is 103 cm³/mol. The second kappa shape index (κ2) is 7.98. The van der Waals surface area contributed by atoms with Gasteiger partial charge in [0, 0.05) is 18.9 Å². The van der Waals surface area contributed by atoms with E-state index in [9.17, 15) is 8.42 Å². The highest BCUT2D eigenvalue weighted by atomic mass is 32.2. The summed E-state index contributed by atoms with van der Waals surface area (Å²) in [6, 6.07) is 10.2. The summed E-state index contributed by atoms with van der Waals surface area (Å²) in [7, 11) is -3.77. The smallest absolute Gasteiger partial charge is 0.257 e. The summed E-state index contributed by atoms with van der Waals surface area (Å²) in [4.78, 5) is 14.5. The molecule has 27 heavy (non-hydrogen) atoms. The van der Waals surface area contributed by atoms with E-state index in [0.717, 1.165) is 11.1 Å². The normalized spacial score (nSPS) is 11.1. The van der Waals surface area contributed by atoms with E-state index >= 15 is 0 Å². The molecule has 3 rings (SSSR count). The summed E-state index contributed by atoms with van der Waals surface area (Å²) in [5.74, 6) is 0.528. The van der Waals surface area contributed by atoms with E-state index < -0.39 is 10.0 Å². The van der Waals surface area contributed by atoms with Gasteiger partial charge in [-0.3, -0.25) is 10.4 Å². The summed E-state index contributed by atoms with van der Waals surface area (Å²) >= 11 is 0. The van der Waals surface area contributed by atoms with E-state index in [1.54, 1.807) is 24.5 Å². The van der Waals surface area contributed by atoms with E-state index in [4.69, 9.17) is 5.73 Å². The molecule has 140 valence electrons. The fourth-order valence-corrected chi connectivity index (χ4v) is 3.06. The van der Waals surface area contributed by atoms with E-state index in [-0.39, 0.29) is 16.4 Å². The van der Waals surface area contributed by atoms with Crippen molar-refractivity contribution < 1.29 is 8.42 Å². The van der Waals surface area contributed by atoms with Gasteiger partial charge < -0.3 is 11.1 Å².